The number of rotatable bonds is 14. The molecule has 1 rings (SSSR count). The van der Waals surface area contributed by atoms with Gasteiger partial charge in [0.2, 0.25) is 0 Å². The van der Waals surface area contributed by atoms with Crippen molar-refractivity contribution in [3.8, 4) is 5.75 Å². The predicted octanol–water partition coefficient (Wildman–Crippen LogP) is 6.57. The molecular weight excluding hydrogens is 376 g/mol. The van der Waals surface area contributed by atoms with Gasteiger partial charge in [-0.05, 0) is 31.0 Å². The van der Waals surface area contributed by atoms with E-state index in [1.54, 1.807) is 12.1 Å². The van der Waals surface area contributed by atoms with Crippen LogP contribution in [0.1, 0.15) is 76.7 Å². The van der Waals surface area contributed by atoms with Gasteiger partial charge in [-0.3, -0.25) is 0 Å². The first-order chi connectivity index (χ1) is 13.5. The van der Waals surface area contributed by atoms with Gasteiger partial charge in [-0.1, -0.05) is 82.4 Å². The molecule has 4 nitrogen and oxygen atoms in total. The Morgan fingerprint density at radius 1 is 0.893 bits per heavy atom. The van der Waals surface area contributed by atoms with Crippen LogP contribution >= 0.6 is 11.6 Å². The van der Waals surface area contributed by atoms with E-state index in [4.69, 9.17) is 21.1 Å². The lowest BCUT2D eigenvalue weighted by atomic mass is 10.1. The largest absolute Gasteiger partial charge is 0.463 e. The molecule has 0 saturated carbocycles. The maximum absolute atomic E-state index is 11.8. The first-order valence-corrected chi connectivity index (χ1v) is 10.7. The molecule has 0 aliphatic rings. The van der Waals surface area contributed by atoms with Crippen molar-refractivity contribution in [3.63, 3.8) is 0 Å². The highest BCUT2D eigenvalue weighted by molar-refractivity contribution is 6.32. The standard InChI is InChI=1S/C23H33ClO4/c1-3-4-5-6-7-8-9-10-11-12-17-27-22(25)15-16-23(26)28-21-18-19(2)13-14-20(21)24/h13-16,18H,3-12,17H2,1-2H3/b16-15+. The van der Waals surface area contributed by atoms with E-state index >= 15 is 0 Å². The Bertz CT molecular complexity index is 625. The number of halogens is 1. The Hall–Kier alpha value is -1.81. The molecule has 0 fully saturated rings. The highest BCUT2D eigenvalue weighted by Gasteiger charge is 2.07. The van der Waals surface area contributed by atoms with Gasteiger partial charge in [0, 0.05) is 12.2 Å². The van der Waals surface area contributed by atoms with Crippen molar-refractivity contribution in [2.75, 3.05) is 6.61 Å². The van der Waals surface area contributed by atoms with E-state index in [2.05, 4.69) is 6.92 Å². The summed E-state index contributed by atoms with van der Waals surface area (Å²) >= 11 is 5.97. The molecule has 156 valence electrons. The lowest BCUT2D eigenvalue weighted by Crippen LogP contribution is -2.07. The van der Waals surface area contributed by atoms with E-state index in [9.17, 15) is 9.59 Å². The Labute approximate surface area is 174 Å². The van der Waals surface area contributed by atoms with Gasteiger partial charge in [0.1, 0.15) is 5.75 Å². The smallest absolute Gasteiger partial charge is 0.336 e. The second-order valence-electron chi connectivity index (χ2n) is 7.04. The SMILES string of the molecule is CCCCCCCCCCCCOC(=O)/C=C/C(=O)Oc1cc(C)ccc1Cl. The maximum atomic E-state index is 11.8. The van der Waals surface area contributed by atoms with E-state index in [1.165, 1.54) is 51.4 Å². The van der Waals surface area contributed by atoms with Crippen LogP contribution in [-0.2, 0) is 14.3 Å². The van der Waals surface area contributed by atoms with Crippen LogP contribution in [-0.4, -0.2) is 18.5 Å². The molecule has 0 spiro atoms. The topological polar surface area (TPSA) is 52.6 Å². The minimum Gasteiger partial charge on any atom is -0.463 e. The van der Waals surface area contributed by atoms with Gasteiger partial charge in [0.05, 0.1) is 11.6 Å². The third kappa shape index (κ3) is 11.8. The molecule has 28 heavy (non-hydrogen) atoms. The van der Waals surface area contributed by atoms with Gasteiger partial charge in [-0.25, -0.2) is 9.59 Å². The van der Waals surface area contributed by atoms with Crippen molar-refractivity contribution in [1.29, 1.82) is 0 Å². The molecule has 0 amide bonds. The van der Waals surface area contributed by atoms with E-state index in [1.807, 2.05) is 13.0 Å². The Morgan fingerprint density at radius 3 is 2.11 bits per heavy atom. The summed E-state index contributed by atoms with van der Waals surface area (Å²) in [6, 6.07) is 5.14. The summed E-state index contributed by atoms with van der Waals surface area (Å²) in [5, 5.41) is 0.343. The van der Waals surface area contributed by atoms with Crippen molar-refractivity contribution in [2.24, 2.45) is 0 Å². The molecule has 5 heteroatoms. The van der Waals surface area contributed by atoms with Crippen molar-refractivity contribution < 1.29 is 19.1 Å². The third-order valence-corrected chi connectivity index (χ3v) is 4.71. The summed E-state index contributed by atoms with van der Waals surface area (Å²) in [6.07, 6.45) is 14.4. The van der Waals surface area contributed by atoms with Gasteiger partial charge in [-0.2, -0.15) is 0 Å². The highest BCUT2D eigenvalue weighted by atomic mass is 35.5. The lowest BCUT2D eigenvalue weighted by Gasteiger charge is -2.05. The van der Waals surface area contributed by atoms with E-state index in [0.717, 1.165) is 30.6 Å². The van der Waals surface area contributed by atoms with Crippen LogP contribution < -0.4 is 4.74 Å². The molecule has 0 atom stereocenters. The second-order valence-corrected chi connectivity index (χ2v) is 7.44. The van der Waals surface area contributed by atoms with Crippen LogP contribution in [0, 0.1) is 6.92 Å². The summed E-state index contributed by atoms with van der Waals surface area (Å²) < 4.78 is 10.2. The van der Waals surface area contributed by atoms with Crippen LogP contribution in [0.4, 0.5) is 0 Å². The molecule has 0 radical (unpaired) electrons. The number of aryl methyl sites for hydroxylation is 1. The fourth-order valence-corrected chi connectivity index (χ4v) is 2.93. The highest BCUT2D eigenvalue weighted by Crippen LogP contribution is 2.25. The summed E-state index contributed by atoms with van der Waals surface area (Å²) in [4.78, 5) is 23.4. The number of benzene rings is 1. The summed E-state index contributed by atoms with van der Waals surface area (Å²) in [5.74, 6) is -0.929. The minimum absolute atomic E-state index is 0.273. The van der Waals surface area contributed by atoms with Crippen LogP contribution in [0.2, 0.25) is 5.02 Å². The zero-order valence-corrected chi connectivity index (χ0v) is 17.9. The van der Waals surface area contributed by atoms with Crippen LogP contribution in [0.15, 0.2) is 30.4 Å². The fourth-order valence-electron chi connectivity index (χ4n) is 2.78. The average molecular weight is 409 g/mol. The number of hydrogen-bond donors (Lipinski definition) is 0. The van der Waals surface area contributed by atoms with Gasteiger partial charge in [-0.15, -0.1) is 0 Å². The molecule has 0 saturated heterocycles. The maximum Gasteiger partial charge on any atom is 0.336 e. The number of carbonyl (C=O) groups is 2. The molecule has 1 aromatic carbocycles. The second kappa shape index (κ2) is 15.2. The number of carbonyl (C=O) groups excluding carboxylic acids is 2. The minimum atomic E-state index is -0.664. The molecule has 0 aromatic heterocycles. The van der Waals surface area contributed by atoms with Gasteiger partial charge >= 0.3 is 11.9 Å². The first kappa shape index (κ1) is 24.2. The van der Waals surface area contributed by atoms with Crippen molar-refractivity contribution in [1.82, 2.24) is 0 Å². The molecule has 0 heterocycles. The quantitative estimate of drug-likeness (QED) is 0.151. The van der Waals surface area contributed by atoms with E-state index in [0.29, 0.717) is 11.6 Å². The number of unbranched alkanes of at least 4 members (excludes halogenated alkanes) is 9. The number of ether oxygens (including phenoxy) is 2. The molecular formula is C23H33ClO4. The number of esters is 2. The monoisotopic (exact) mass is 408 g/mol. The van der Waals surface area contributed by atoms with Gasteiger partial charge < -0.3 is 9.47 Å². The predicted molar refractivity (Wildman–Crippen MR) is 114 cm³/mol. The van der Waals surface area contributed by atoms with Gasteiger partial charge in [0.15, 0.2) is 0 Å². The Kier molecular flexibility index (Phi) is 13.1. The van der Waals surface area contributed by atoms with E-state index < -0.39 is 11.9 Å². The summed E-state index contributed by atoms with van der Waals surface area (Å²) in [6.45, 7) is 4.47. The summed E-state index contributed by atoms with van der Waals surface area (Å²) in [7, 11) is 0. The Balaban J connectivity index is 2.08. The van der Waals surface area contributed by atoms with Crippen molar-refractivity contribution in [3.05, 3.63) is 40.9 Å². The van der Waals surface area contributed by atoms with Crippen LogP contribution in [0.25, 0.3) is 0 Å². The molecule has 0 unspecified atom stereocenters. The van der Waals surface area contributed by atoms with Crippen molar-refractivity contribution >= 4 is 23.5 Å². The lowest BCUT2D eigenvalue weighted by molar-refractivity contribution is -0.138. The van der Waals surface area contributed by atoms with E-state index in [-0.39, 0.29) is 5.75 Å². The first-order valence-electron chi connectivity index (χ1n) is 10.4. The van der Waals surface area contributed by atoms with Crippen molar-refractivity contribution in [2.45, 2.75) is 78.1 Å². The zero-order chi connectivity index (χ0) is 20.6. The molecule has 1 aromatic rings. The van der Waals surface area contributed by atoms with Crippen LogP contribution in [0.5, 0.6) is 5.75 Å². The molecule has 0 aliphatic carbocycles. The fraction of sp³-hybridized carbons (Fsp3) is 0.565. The number of hydrogen-bond acceptors (Lipinski definition) is 4. The third-order valence-electron chi connectivity index (χ3n) is 4.39. The normalized spacial score (nSPS) is 11.0. The molecule has 0 aliphatic heterocycles. The molecule has 0 N–H and O–H groups in total. The summed E-state index contributed by atoms with van der Waals surface area (Å²) in [5.41, 5.74) is 0.923. The zero-order valence-electron chi connectivity index (χ0n) is 17.2. The Morgan fingerprint density at radius 2 is 1.46 bits per heavy atom. The molecule has 0 bridgehead atoms. The van der Waals surface area contributed by atoms with Crippen LogP contribution in [0.3, 0.4) is 0 Å². The van der Waals surface area contributed by atoms with Gasteiger partial charge in [0.25, 0.3) is 0 Å². The average Bonchev–Trinajstić information content (AvgIpc) is 2.67.